The summed E-state index contributed by atoms with van der Waals surface area (Å²) in [6.07, 6.45) is 0. The van der Waals surface area contributed by atoms with E-state index in [0.29, 0.717) is 0 Å². The minimum atomic E-state index is -0.0245. The summed E-state index contributed by atoms with van der Waals surface area (Å²) in [6.45, 7) is 2.05. The third-order valence-electron chi connectivity index (χ3n) is 2.32. The molecule has 0 bridgehead atoms. The maximum Gasteiger partial charge on any atom is 0.0626 e. The number of hydrogen-bond acceptors (Lipinski definition) is 3. The van der Waals surface area contributed by atoms with Crippen LogP contribution >= 0.6 is 0 Å². The van der Waals surface area contributed by atoms with E-state index in [1.54, 1.807) is 0 Å². The van der Waals surface area contributed by atoms with Crippen molar-refractivity contribution in [3.63, 3.8) is 0 Å². The van der Waals surface area contributed by atoms with Crippen LogP contribution < -0.4 is 11.1 Å². The van der Waals surface area contributed by atoms with E-state index < -0.39 is 0 Å². The molecule has 3 heteroatoms. The van der Waals surface area contributed by atoms with Crippen molar-refractivity contribution in [2.45, 2.75) is 13.0 Å². The highest BCUT2D eigenvalue weighted by molar-refractivity contribution is 5.50. The Bertz CT molecular complexity index is 282. The van der Waals surface area contributed by atoms with Crippen LogP contribution in [-0.4, -0.2) is 18.8 Å². The summed E-state index contributed by atoms with van der Waals surface area (Å²) in [4.78, 5) is 0. The zero-order valence-corrected chi connectivity index (χ0v) is 8.04. The molecule has 0 aliphatic heterocycles. The maximum atomic E-state index is 9.09. The van der Waals surface area contributed by atoms with Crippen LogP contribution in [0.3, 0.4) is 0 Å². The summed E-state index contributed by atoms with van der Waals surface area (Å²) in [7, 11) is 1.82. The van der Waals surface area contributed by atoms with Gasteiger partial charge in [-0.05, 0) is 31.2 Å². The molecule has 13 heavy (non-hydrogen) atoms. The van der Waals surface area contributed by atoms with Crippen molar-refractivity contribution >= 4 is 5.69 Å². The molecule has 1 aromatic rings. The summed E-state index contributed by atoms with van der Waals surface area (Å²) >= 11 is 0. The summed E-state index contributed by atoms with van der Waals surface area (Å²) in [5.41, 5.74) is 8.63. The number of benzene rings is 1. The van der Waals surface area contributed by atoms with Gasteiger partial charge in [0.1, 0.15) is 0 Å². The number of nitrogen functional groups attached to an aromatic ring is 1. The normalized spacial score (nSPS) is 12.8. The molecule has 0 saturated heterocycles. The Balaban J connectivity index is 3.05. The van der Waals surface area contributed by atoms with Crippen molar-refractivity contribution in [1.29, 1.82) is 0 Å². The van der Waals surface area contributed by atoms with Gasteiger partial charge in [0, 0.05) is 5.69 Å². The zero-order chi connectivity index (χ0) is 9.84. The third-order valence-corrected chi connectivity index (χ3v) is 2.32. The average molecular weight is 180 g/mol. The topological polar surface area (TPSA) is 58.3 Å². The summed E-state index contributed by atoms with van der Waals surface area (Å²) in [6, 6.07) is 5.72. The van der Waals surface area contributed by atoms with Crippen molar-refractivity contribution in [1.82, 2.24) is 5.32 Å². The van der Waals surface area contributed by atoms with Gasteiger partial charge in [-0.3, -0.25) is 0 Å². The number of aliphatic hydroxyl groups is 1. The van der Waals surface area contributed by atoms with Crippen molar-refractivity contribution in [3.8, 4) is 0 Å². The minimum Gasteiger partial charge on any atom is -0.399 e. The van der Waals surface area contributed by atoms with E-state index in [1.165, 1.54) is 0 Å². The quantitative estimate of drug-likeness (QED) is 0.604. The van der Waals surface area contributed by atoms with Gasteiger partial charge >= 0.3 is 0 Å². The Morgan fingerprint density at radius 2 is 2.23 bits per heavy atom. The first kappa shape index (κ1) is 10.0. The molecule has 0 saturated carbocycles. The van der Waals surface area contributed by atoms with Gasteiger partial charge in [0.05, 0.1) is 12.6 Å². The van der Waals surface area contributed by atoms with Gasteiger partial charge in [-0.1, -0.05) is 12.1 Å². The Hall–Kier alpha value is -1.06. The van der Waals surface area contributed by atoms with Gasteiger partial charge in [0.15, 0.2) is 0 Å². The zero-order valence-electron chi connectivity index (χ0n) is 8.04. The Labute approximate surface area is 78.6 Å². The molecular formula is C10H16N2O. The lowest BCUT2D eigenvalue weighted by Gasteiger charge is -2.17. The van der Waals surface area contributed by atoms with E-state index in [4.69, 9.17) is 10.8 Å². The molecule has 1 rings (SSSR count). The fourth-order valence-electron chi connectivity index (χ4n) is 1.39. The van der Waals surface area contributed by atoms with Crippen molar-refractivity contribution in [2.75, 3.05) is 19.4 Å². The summed E-state index contributed by atoms with van der Waals surface area (Å²) in [5, 5.41) is 12.1. The van der Waals surface area contributed by atoms with Crippen LogP contribution in [0.2, 0.25) is 0 Å². The second-order valence-electron chi connectivity index (χ2n) is 3.09. The van der Waals surface area contributed by atoms with Crippen LogP contribution in [0.15, 0.2) is 18.2 Å². The van der Waals surface area contributed by atoms with Crippen LogP contribution in [0.1, 0.15) is 17.2 Å². The van der Waals surface area contributed by atoms with Crippen LogP contribution in [0.5, 0.6) is 0 Å². The fourth-order valence-corrected chi connectivity index (χ4v) is 1.39. The van der Waals surface area contributed by atoms with Gasteiger partial charge in [-0.15, -0.1) is 0 Å². The number of likely N-dealkylation sites (N-methyl/N-ethyl adjacent to an activating group) is 1. The molecule has 0 radical (unpaired) electrons. The first-order chi connectivity index (χ1) is 6.20. The van der Waals surface area contributed by atoms with E-state index in [2.05, 4.69) is 5.32 Å². The van der Waals surface area contributed by atoms with Gasteiger partial charge in [-0.2, -0.15) is 0 Å². The van der Waals surface area contributed by atoms with Gasteiger partial charge in [0.2, 0.25) is 0 Å². The number of nitrogens with two attached hydrogens (primary N) is 1. The minimum absolute atomic E-state index is 0.0245. The first-order valence-electron chi connectivity index (χ1n) is 4.33. The maximum absolute atomic E-state index is 9.09. The number of rotatable bonds is 3. The Kier molecular flexibility index (Phi) is 3.28. The van der Waals surface area contributed by atoms with E-state index in [0.717, 1.165) is 16.8 Å². The van der Waals surface area contributed by atoms with E-state index in [-0.39, 0.29) is 12.6 Å². The molecule has 0 aliphatic carbocycles. The van der Waals surface area contributed by atoms with E-state index in [9.17, 15) is 0 Å². The lowest BCUT2D eigenvalue weighted by Crippen LogP contribution is -2.21. The summed E-state index contributed by atoms with van der Waals surface area (Å²) in [5.74, 6) is 0. The second-order valence-corrected chi connectivity index (χ2v) is 3.09. The van der Waals surface area contributed by atoms with Crippen molar-refractivity contribution in [3.05, 3.63) is 29.3 Å². The number of aliphatic hydroxyl groups excluding tert-OH is 1. The van der Waals surface area contributed by atoms with Crippen LogP contribution in [0, 0.1) is 6.92 Å². The standard InChI is InChI=1S/C10H16N2O/c1-7-8(10(6-13)12-2)4-3-5-9(7)11/h3-5,10,12-13H,6,11H2,1-2H3/t10-/m1/s1. The third kappa shape index (κ3) is 1.99. The molecule has 4 N–H and O–H groups in total. The number of anilines is 1. The monoisotopic (exact) mass is 180 g/mol. The highest BCUT2D eigenvalue weighted by Crippen LogP contribution is 2.21. The second kappa shape index (κ2) is 4.25. The molecule has 0 spiro atoms. The number of nitrogens with one attached hydrogen (secondary N) is 1. The van der Waals surface area contributed by atoms with Gasteiger partial charge < -0.3 is 16.2 Å². The molecule has 0 amide bonds. The summed E-state index contributed by atoms with van der Waals surface area (Å²) < 4.78 is 0. The smallest absolute Gasteiger partial charge is 0.0626 e. The van der Waals surface area contributed by atoms with E-state index >= 15 is 0 Å². The van der Waals surface area contributed by atoms with Crippen molar-refractivity contribution in [2.24, 2.45) is 0 Å². The molecule has 1 aromatic carbocycles. The molecule has 0 heterocycles. The van der Waals surface area contributed by atoms with Crippen LogP contribution in [0.4, 0.5) is 5.69 Å². The van der Waals surface area contributed by atoms with Crippen LogP contribution in [0.25, 0.3) is 0 Å². The molecule has 72 valence electrons. The molecular weight excluding hydrogens is 164 g/mol. The van der Waals surface area contributed by atoms with Crippen molar-refractivity contribution < 1.29 is 5.11 Å². The molecule has 0 aliphatic rings. The lowest BCUT2D eigenvalue weighted by atomic mass is 10.0. The average Bonchev–Trinajstić information content (AvgIpc) is 2.14. The van der Waals surface area contributed by atoms with Gasteiger partial charge in [0.25, 0.3) is 0 Å². The first-order valence-corrected chi connectivity index (χ1v) is 4.33. The Morgan fingerprint density at radius 1 is 1.54 bits per heavy atom. The molecule has 0 fully saturated rings. The lowest BCUT2D eigenvalue weighted by molar-refractivity contribution is 0.250. The highest BCUT2D eigenvalue weighted by atomic mass is 16.3. The predicted molar refractivity (Wildman–Crippen MR) is 54.5 cm³/mol. The highest BCUT2D eigenvalue weighted by Gasteiger charge is 2.10. The SMILES string of the molecule is CN[C@H](CO)c1cccc(N)c1C. The van der Waals surface area contributed by atoms with Crippen LogP contribution in [-0.2, 0) is 0 Å². The predicted octanol–water partition coefficient (Wildman–Crippen LogP) is 0.830. The van der Waals surface area contributed by atoms with E-state index in [1.807, 2.05) is 32.2 Å². The largest absolute Gasteiger partial charge is 0.399 e. The number of hydrogen-bond donors (Lipinski definition) is 3. The molecule has 0 aromatic heterocycles. The molecule has 1 atom stereocenters. The molecule has 3 nitrogen and oxygen atoms in total. The molecule has 0 unspecified atom stereocenters. The Morgan fingerprint density at radius 3 is 2.77 bits per heavy atom. The van der Waals surface area contributed by atoms with Gasteiger partial charge in [-0.25, -0.2) is 0 Å². The fraction of sp³-hybridized carbons (Fsp3) is 0.400.